The van der Waals surface area contributed by atoms with Crippen molar-refractivity contribution in [1.29, 1.82) is 0 Å². The molecule has 0 bridgehead atoms. The second kappa shape index (κ2) is 5.95. The normalized spacial score (nSPS) is 16.1. The van der Waals surface area contributed by atoms with Crippen molar-refractivity contribution in [2.24, 2.45) is 0 Å². The largest absolute Gasteiger partial charge is 0.373 e. The van der Waals surface area contributed by atoms with E-state index in [9.17, 15) is 4.79 Å². The van der Waals surface area contributed by atoms with Crippen molar-refractivity contribution in [1.82, 2.24) is 9.88 Å². The molecular weight excluding hydrogens is 262 g/mol. The van der Waals surface area contributed by atoms with Crippen molar-refractivity contribution in [3.63, 3.8) is 0 Å². The van der Waals surface area contributed by atoms with Gasteiger partial charge in [0, 0.05) is 37.6 Å². The fourth-order valence-corrected chi connectivity index (χ4v) is 2.72. The van der Waals surface area contributed by atoms with Gasteiger partial charge in [-0.2, -0.15) is 0 Å². The number of carbonyl (C=O) groups is 1. The zero-order valence-corrected chi connectivity index (χ0v) is 12.1. The molecule has 1 atom stereocenters. The quantitative estimate of drug-likeness (QED) is 0.936. The van der Waals surface area contributed by atoms with Crippen molar-refractivity contribution in [2.45, 2.75) is 25.9 Å². The zero-order chi connectivity index (χ0) is 14.7. The van der Waals surface area contributed by atoms with Crippen LogP contribution in [0.15, 0.2) is 48.8 Å². The number of fused-ring (bicyclic) bond motifs is 1. The van der Waals surface area contributed by atoms with Gasteiger partial charge < -0.3 is 10.2 Å². The molecule has 0 radical (unpaired) electrons. The number of aromatic nitrogens is 1. The molecular formula is C17H19N3O. The lowest BCUT2D eigenvalue weighted by Gasteiger charge is -2.24. The predicted molar refractivity (Wildman–Crippen MR) is 82.9 cm³/mol. The summed E-state index contributed by atoms with van der Waals surface area (Å²) in [5.41, 5.74) is 3.40. The fourth-order valence-electron chi connectivity index (χ4n) is 2.72. The number of hydrogen-bond donors (Lipinski definition) is 1. The Morgan fingerprint density at radius 1 is 1.29 bits per heavy atom. The molecule has 4 nitrogen and oxygen atoms in total. The number of nitrogens with one attached hydrogen (secondary N) is 1. The molecule has 1 aromatic carbocycles. The Balaban J connectivity index is 1.70. The van der Waals surface area contributed by atoms with Gasteiger partial charge in [0.1, 0.15) is 6.04 Å². The Bertz CT molecular complexity index is 602. The molecule has 2 heterocycles. The molecule has 0 fully saturated rings. The van der Waals surface area contributed by atoms with Gasteiger partial charge in [0.15, 0.2) is 0 Å². The average Bonchev–Trinajstić information content (AvgIpc) is 2.97. The first kappa shape index (κ1) is 13.6. The SMILES string of the molecule is CCN(Cc1ccncc1)C(=O)[C@@H]1Cc2ccccc2N1. The molecule has 0 spiro atoms. The van der Waals surface area contributed by atoms with Crippen molar-refractivity contribution in [3.8, 4) is 0 Å². The Labute approximate surface area is 124 Å². The van der Waals surface area contributed by atoms with Crippen molar-refractivity contribution >= 4 is 11.6 Å². The van der Waals surface area contributed by atoms with Gasteiger partial charge in [-0.3, -0.25) is 9.78 Å². The Hall–Kier alpha value is -2.36. The first-order chi connectivity index (χ1) is 10.3. The van der Waals surface area contributed by atoms with Crippen molar-refractivity contribution in [2.75, 3.05) is 11.9 Å². The van der Waals surface area contributed by atoms with E-state index in [0.29, 0.717) is 13.1 Å². The third kappa shape index (κ3) is 2.89. The van der Waals surface area contributed by atoms with Crippen LogP contribution in [0.1, 0.15) is 18.1 Å². The summed E-state index contributed by atoms with van der Waals surface area (Å²) in [6, 6.07) is 11.9. The molecule has 1 aliphatic rings. The van der Waals surface area contributed by atoms with Gasteiger partial charge in [0.2, 0.25) is 5.91 Å². The summed E-state index contributed by atoms with van der Waals surface area (Å²) in [5, 5.41) is 3.33. The molecule has 108 valence electrons. The van der Waals surface area contributed by atoms with E-state index in [4.69, 9.17) is 0 Å². The van der Waals surface area contributed by atoms with Crippen LogP contribution in [0.25, 0.3) is 0 Å². The maximum Gasteiger partial charge on any atom is 0.245 e. The lowest BCUT2D eigenvalue weighted by atomic mass is 10.1. The summed E-state index contributed by atoms with van der Waals surface area (Å²) in [6.45, 7) is 3.35. The molecule has 0 aliphatic carbocycles. The first-order valence-corrected chi connectivity index (χ1v) is 7.30. The lowest BCUT2D eigenvalue weighted by Crippen LogP contribution is -2.41. The number of para-hydroxylation sites is 1. The predicted octanol–water partition coefficient (Wildman–Crippen LogP) is 2.47. The summed E-state index contributed by atoms with van der Waals surface area (Å²) in [4.78, 5) is 18.6. The van der Waals surface area contributed by atoms with Crippen LogP contribution in [0.4, 0.5) is 5.69 Å². The molecule has 21 heavy (non-hydrogen) atoms. The van der Waals surface area contributed by atoms with E-state index in [1.807, 2.05) is 42.2 Å². The van der Waals surface area contributed by atoms with Crippen molar-refractivity contribution < 1.29 is 4.79 Å². The van der Waals surface area contributed by atoms with E-state index in [-0.39, 0.29) is 11.9 Å². The van der Waals surface area contributed by atoms with Crippen LogP contribution in [0.5, 0.6) is 0 Å². The second-order valence-corrected chi connectivity index (χ2v) is 5.27. The summed E-state index contributed by atoms with van der Waals surface area (Å²) in [7, 11) is 0. The maximum absolute atomic E-state index is 12.7. The highest BCUT2D eigenvalue weighted by Crippen LogP contribution is 2.26. The highest BCUT2D eigenvalue weighted by atomic mass is 16.2. The van der Waals surface area contributed by atoms with Crippen LogP contribution < -0.4 is 5.32 Å². The number of benzene rings is 1. The monoisotopic (exact) mass is 281 g/mol. The number of carbonyl (C=O) groups excluding carboxylic acids is 1. The standard InChI is InChI=1S/C17H19N3O/c1-2-20(12-13-7-9-18-10-8-13)17(21)16-11-14-5-3-4-6-15(14)19-16/h3-10,16,19H,2,11-12H2,1H3/t16-/m0/s1. The highest BCUT2D eigenvalue weighted by Gasteiger charge is 2.29. The first-order valence-electron chi connectivity index (χ1n) is 7.30. The van der Waals surface area contributed by atoms with Gasteiger partial charge in [-0.1, -0.05) is 18.2 Å². The highest BCUT2D eigenvalue weighted by molar-refractivity contribution is 5.87. The summed E-state index contributed by atoms with van der Waals surface area (Å²) in [5.74, 6) is 0.158. The summed E-state index contributed by atoms with van der Waals surface area (Å²) >= 11 is 0. The minimum atomic E-state index is -0.149. The van der Waals surface area contributed by atoms with Gasteiger partial charge in [-0.25, -0.2) is 0 Å². The Morgan fingerprint density at radius 3 is 2.76 bits per heavy atom. The summed E-state index contributed by atoms with van der Waals surface area (Å²) in [6.07, 6.45) is 4.29. The van der Waals surface area contributed by atoms with E-state index < -0.39 is 0 Å². The number of hydrogen-bond acceptors (Lipinski definition) is 3. The lowest BCUT2D eigenvalue weighted by molar-refractivity contribution is -0.132. The minimum Gasteiger partial charge on any atom is -0.373 e. The van der Waals surface area contributed by atoms with Gasteiger partial charge in [-0.05, 0) is 36.2 Å². The van der Waals surface area contributed by atoms with Crippen LogP contribution in [0.3, 0.4) is 0 Å². The van der Waals surface area contributed by atoms with E-state index in [2.05, 4.69) is 16.4 Å². The number of rotatable bonds is 4. The van der Waals surface area contributed by atoms with E-state index in [0.717, 1.165) is 17.7 Å². The zero-order valence-electron chi connectivity index (χ0n) is 12.1. The van der Waals surface area contributed by atoms with Crippen LogP contribution in [0, 0.1) is 0 Å². The van der Waals surface area contributed by atoms with Gasteiger partial charge in [0.25, 0.3) is 0 Å². The molecule has 1 aliphatic heterocycles. The van der Waals surface area contributed by atoms with E-state index in [1.165, 1.54) is 5.56 Å². The third-order valence-electron chi connectivity index (χ3n) is 3.89. The van der Waals surface area contributed by atoms with Crippen LogP contribution in [-0.4, -0.2) is 28.4 Å². The van der Waals surface area contributed by atoms with Crippen LogP contribution in [0.2, 0.25) is 0 Å². The van der Waals surface area contributed by atoms with Crippen molar-refractivity contribution in [3.05, 3.63) is 59.9 Å². The molecule has 0 unspecified atom stereocenters. The number of nitrogens with zero attached hydrogens (tertiary/aromatic N) is 2. The van der Waals surface area contributed by atoms with Crippen LogP contribution >= 0.6 is 0 Å². The molecule has 0 saturated carbocycles. The Morgan fingerprint density at radius 2 is 2.05 bits per heavy atom. The van der Waals surface area contributed by atoms with Gasteiger partial charge in [0.05, 0.1) is 0 Å². The maximum atomic E-state index is 12.7. The fraction of sp³-hybridized carbons (Fsp3) is 0.294. The molecule has 1 N–H and O–H groups in total. The Kier molecular flexibility index (Phi) is 3.86. The molecule has 3 rings (SSSR count). The van der Waals surface area contributed by atoms with E-state index in [1.54, 1.807) is 12.4 Å². The number of amides is 1. The summed E-state index contributed by atoms with van der Waals surface area (Å²) < 4.78 is 0. The third-order valence-corrected chi connectivity index (χ3v) is 3.89. The van der Waals surface area contributed by atoms with E-state index >= 15 is 0 Å². The van der Waals surface area contributed by atoms with Gasteiger partial charge in [-0.15, -0.1) is 0 Å². The smallest absolute Gasteiger partial charge is 0.245 e. The molecule has 0 saturated heterocycles. The molecule has 4 heteroatoms. The minimum absolute atomic E-state index is 0.149. The second-order valence-electron chi connectivity index (χ2n) is 5.27. The van der Waals surface area contributed by atoms with Gasteiger partial charge >= 0.3 is 0 Å². The average molecular weight is 281 g/mol. The molecule has 2 aromatic rings. The molecule has 1 amide bonds. The topological polar surface area (TPSA) is 45.2 Å². The number of anilines is 1. The number of pyridine rings is 1. The van der Waals surface area contributed by atoms with Crippen LogP contribution in [-0.2, 0) is 17.8 Å². The number of likely N-dealkylation sites (N-methyl/N-ethyl adjacent to an activating group) is 1. The molecule has 1 aromatic heterocycles.